The fourth-order valence-corrected chi connectivity index (χ4v) is 3.85. The van der Waals surface area contributed by atoms with E-state index in [0.29, 0.717) is 39.2 Å². The average Bonchev–Trinajstić information content (AvgIpc) is 2.67. The molecule has 0 heterocycles. The number of halogens is 2. The van der Waals surface area contributed by atoms with E-state index in [-0.39, 0.29) is 17.2 Å². The van der Waals surface area contributed by atoms with E-state index in [1.54, 1.807) is 23.1 Å². The van der Waals surface area contributed by atoms with Crippen molar-refractivity contribution in [1.82, 2.24) is 4.90 Å². The SMILES string of the molecule is CCN(CC)C(=O)c1cc(Oc2c(Br)cc(NC(=O)/C=N/O)cc2Br)ccc1O. The molecule has 154 valence electrons. The Bertz CT molecular complexity index is 922. The molecule has 0 spiro atoms. The molecule has 0 unspecified atom stereocenters. The lowest BCUT2D eigenvalue weighted by Crippen LogP contribution is -2.30. The highest BCUT2D eigenvalue weighted by molar-refractivity contribution is 9.11. The number of hydrogen-bond donors (Lipinski definition) is 3. The summed E-state index contributed by atoms with van der Waals surface area (Å²) >= 11 is 6.76. The molecule has 3 N–H and O–H groups in total. The second kappa shape index (κ2) is 10.3. The Morgan fingerprint density at radius 2 is 1.79 bits per heavy atom. The van der Waals surface area contributed by atoms with E-state index in [2.05, 4.69) is 42.3 Å². The van der Waals surface area contributed by atoms with Gasteiger partial charge in [0.15, 0.2) is 5.75 Å². The zero-order valence-corrected chi connectivity index (χ0v) is 18.8. The maximum absolute atomic E-state index is 12.6. The molecule has 10 heteroatoms. The Morgan fingerprint density at radius 1 is 1.17 bits per heavy atom. The number of amides is 2. The molecule has 2 rings (SSSR count). The van der Waals surface area contributed by atoms with E-state index < -0.39 is 5.91 Å². The fourth-order valence-electron chi connectivity index (χ4n) is 2.51. The van der Waals surface area contributed by atoms with Gasteiger partial charge in [-0.2, -0.15) is 0 Å². The minimum absolute atomic E-state index is 0.129. The molecule has 2 amide bonds. The van der Waals surface area contributed by atoms with Crippen LogP contribution in [0.5, 0.6) is 17.2 Å². The molecular weight excluding hydrogens is 510 g/mol. The summed E-state index contributed by atoms with van der Waals surface area (Å²) in [5, 5.41) is 23.7. The van der Waals surface area contributed by atoms with Gasteiger partial charge < -0.3 is 25.3 Å². The van der Waals surface area contributed by atoms with Crippen LogP contribution in [0, 0.1) is 0 Å². The second-order valence-electron chi connectivity index (χ2n) is 5.76. The monoisotopic (exact) mass is 527 g/mol. The zero-order valence-electron chi connectivity index (χ0n) is 15.6. The average molecular weight is 529 g/mol. The lowest BCUT2D eigenvalue weighted by Gasteiger charge is -2.20. The van der Waals surface area contributed by atoms with Gasteiger partial charge in [-0.25, -0.2) is 0 Å². The summed E-state index contributed by atoms with van der Waals surface area (Å²) in [5.41, 5.74) is 0.578. The van der Waals surface area contributed by atoms with Crippen LogP contribution in [0.1, 0.15) is 24.2 Å². The highest BCUT2D eigenvalue weighted by Crippen LogP contribution is 2.40. The van der Waals surface area contributed by atoms with Crippen molar-refractivity contribution in [1.29, 1.82) is 0 Å². The Balaban J connectivity index is 2.31. The van der Waals surface area contributed by atoms with Crippen molar-refractivity contribution in [3.8, 4) is 17.2 Å². The van der Waals surface area contributed by atoms with Gasteiger partial charge in [0.05, 0.1) is 14.5 Å². The topological polar surface area (TPSA) is 111 Å². The van der Waals surface area contributed by atoms with E-state index in [1.807, 2.05) is 13.8 Å². The zero-order chi connectivity index (χ0) is 21.6. The lowest BCUT2D eigenvalue weighted by atomic mass is 10.1. The van der Waals surface area contributed by atoms with Gasteiger partial charge in [-0.05, 0) is 76.0 Å². The number of phenols is 1. The van der Waals surface area contributed by atoms with Crippen molar-refractivity contribution in [2.75, 3.05) is 18.4 Å². The molecule has 0 saturated heterocycles. The van der Waals surface area contributed by atoms with Crippen LogP contribution in [0.15, 0.2) is 44.4 Å². The number of aromatic hydroxyl groups is 1. The number of nitrogens with zero attached hydrogens (tertiary/aromatic N) is 2. The number of ether oxygens (including phenoxy) is 1. The number of hydrogen-bond acceptors (Lipinski definition) is 6. The second-order valence-corrected chi connectivity index (χ2v) is 7.47. The van der Waals surface area contributed by atoms with Crippen LogP contribution in [0.25, 0.3) is 0 Å². The van der Waals surface area contributed by atoms with Crippen molar-refractivity contribution < 1.29 is 24.6 Å². The van der Waals surface area contributed by atoms with Gasteiger partial charge in [0.2, 0.25) is 0 Å². The van der Waals surface area contributed by atoms with Crippen LogP contribution in [0.3, 0.4) is 0 Å². The number of nitrogens with one attached hydrogen (secondary N) is 1. The molecule has 0 radical (unpaired) electrons. The van der Waals surface area contributed by atoms with Crippen molar-refractivity contribution in [3.05, 3.63) is 44.8 Å². The Morgan fingerprint density at radius 3 is 2.34 bits per heavy atom. The van der Waals surface area contributed by atoms with Gasteiger partial charge in [0, 0.05) is 18.8 Å². The smallest absolute Gasteiger partial charge is 0.270 e. The van der Waals surface area contributed by atoms with Crippen LogP contribution < -0.4 is 10.1 Å². The number of rotatable bonds is 7. The number of oxime groups is 1. The molecule has 2 aromatic carbocycles. The number of carbonyl (C=O) groups is 2. The van der Waals surface area contributed by atoms with Gasteiger partial charge in [-0.1, -0.05) is 5.16 Å². The van der Waals surface area contributed by atoms with Gasteiger partial charge in [0.25, 0.3) is 11.8 Å². The Hall–Kier alpha value is -2.59. The number of phenolic OH excluding ortho intramolecular Hbond substituents is 1. The molecule has 0 atom stereocenters. The quantitative estimate of drug-likeness (QED) is 0.276. The standard InChI is InChI=1S/C19H19Br2N3O5/c1-3-24(4-2)19(27)13-9-12(5-6-16(13)25)29-18-14(20)7-11(8-15(18)21)23-17(26)10-22-28/h5-10,25,28H,3-4H2,1-2H3,(H,23,26)/b22-10+. The van der Waals surface area contributed by atoms with Crippen LogP contribution in [0.4, 0.5) is 5.69 Å². The van der Waals surface area contributed by atoms with Crippen LogP contribution in [-0.4, -0.2) is 46.3 Å². The summed E-state index contributed by atoms with van der Waals surface area (Å²) in [6, 6.07) is 7.62. The molecule has 2 aromatic rings. The summed E-state index contributed by atoms with van der Waals surface area (Å²) in [4.78, 5) is 25.7. The fraction of sp³-hybridized carbons (Fsp3) is 0.211. The molecule has 0 aliphatic carbocycles. The van der Waals surface area contributed by atoms with Crippen LogP contribution in [0.2, 0.25) is 0 Å². The minimum atomic E-state index is -0.599. The third kappa shape index (κ3) is 5.70. The highest BCUT2D eigenvalue weighted by atomic mass is 79.9. The van der Waals surface area contributed by atoms with Crippen LogP contribution in [-0.2, 0) is 4.79 Å². The van der Waals surface area contributed by atoms with Gasteiger partial charge >= 0.3 is 0 Å². The first-order valence-corrected chi connectivity index (χ1v) is 10.2. The van der Waals surface area contributed by atoms with Crippen molar-refractivity contribution in [2.45, 2.75) is 13.8 Å². The first-order valence-electron chi connectivity index (χ1n) is 8.58. The minimum Gasteiger partial charge on any atom is -0.507 e. The molecule has 0 aromatic heterocycles. The lowest BCUT2D eigenvalue weighted by molar-refractivity contribution is -0.110. The summed E-state index contributed by atoms with van der Waals surface area (Å²) < 4.78 is 6.93. The van der Waals surface area contributed by atoms with Gasteiger partial charge in [0.1, 0.15) is 17.7 Å². The highest BCUT2D eigenvalue weighted by Gasteiger charge is 2.19. The predicted octanol–water partition coefficient (Wildman–Crippen LogP) is 4.59. The van der Waals surface area contributed by atoms with E-state index in [4.69, 9.17) is 9.94 Å². The summed E-state index contributed by atoms with van der Waals surface area (Å²) in [5.74, 6) is -0.261. The molecule has 0 bridgehead atoms. The van der Waals surface area contributed by atoms with Gasteiger partial charge in [-0.15, -0.1) is 0 Å². The number of carbonyl (C=O) groups excluding carboxylic acids is 2. The molecular formula is C19H19Br2N3O5. The third-order valence-electron chi connectivity index (χ3n) is 3.91. The van der Waals surface area contributed by atoms with Gasteiger partial charge in [-0.3, -0.25) is 9.59 Å². The normalized spacial score (nSPS) is 10.8. The maximum atomic E-state index is 12.6. The van der Waals surface area contributed by atoms with Crippen molar-refractivity contribution in [3.63, 3.8) is 0 Å². The molecule has 0 aliphatic heterocycles. The summed E-state index contributed by atoms with van der Waals surface area (Å²) in [6.07, 6.45) is 0.733. The van der Waals surface area contributed by atoms with Crippen molar-refractivity contribution >= 4 is 55.6 Å². The Kier molecular flexibility index (Phi) is 8.03. The maximum Gasteiger partial charge on any atom is 0.270 e. The molecule has 0 fully saturated rings. The number of anilines is 1. The molecule has 0 aliphatic rings. The van der Waals surface area contributed by atoms with E-state index >= 15 is 0 Å². The molecule has 8 nitrogen and oxygen atoms in total. The third-order valence-corrected chi connectivity index (χ3v) is 5.09. The largest absolute Gasteiger partial charge is 0.507 e. The van der Waals surface area contributed by atoms with E-state index in [0.717, 1.165) is 6.21 Å². The first-order chi connectivity index (χ1) is 13.8. The molecule has 0 saturated carbocycles. The van der Waals surface area contributed by atoms with E-state index in [9.17, 15) is 14.7 Å². The summed E-state index contributed by atoms with van der Waals surface area (Å²) in [6.45, 7) is 4.76. The molecule has 29 heavy (non-hydrogen) atoms. The van der Waals surface area contributed by atoms with Crippen molar-refractivity contribution in [2.24, 2.45) is 5.16 Å². The Labute approximate surface area is 184 Å². The summed E-state index contributed by atoms with van der Waals surface area (Å²) in [7, 11) is 0. The van der Waals surface area contributed by atoms with E-state index in [1.165, 1.54) is 12.1 Å². The van der Waals surface area contributed by atoms with Crippen LogP contribution >= 0.6 is 31.9 Å². The first kappa shape index (κ1) is 22.7. The predicted molar refractivity (Wildman–Crippen MR) is 116 cm³/mol. The number of benzene rings is 2.